The van der Waals surface area contributed by atoms with E-state index >= 15 is 0 Å². The number of aromatic nitrogens is 4. The molecule has 0 atom stereocenters. The van der Waals surface area contributed by atoms with Crippen LogP contribution in [0.4, 0.5) is 5.82 Å². The number of hydrogen-bond donors (Lipinski definition) is 1. The topological polar surface area (TPSA) is 64.9 Å². The Labute approximate surface area is 144 Å². The standard InChI is InChI=1S/C17H21N5OS/c1-4-12-11(17(23-3)22(2)21-12)8-18-15-14-10-6-5-7-13(10)24-16(14)20-9-19-15/h9H,4-8H2,1-3H3,(H,18,19,20). The number of aryl methyl sites for hydroxylation is 4. The second-order valence-electron chi connectivity index (χ2n) is 6.03. The van der Waals surface area contributed by atoms with Crippen molar-refractivity contribution in [1.29, 1.82) is 0 Å². The van der Waals surface area contributed by atoms with Crippen LogP contribution in [-0.2, 0) is 32.9 Å². The molecule has 0 spiro atoms. The largest absolute Gasteiger partial charge is 0.481 e. The second kappa shape index (κ2) is 6.05. The first kappa shape index (κ1) is 15.4. The zero-order valence-corrected chi connectivity index (χ0v) is 15.0. The molecule has 24 heavy (non-hydrogen) atoms. The summed E-state index contributed by atoms with van der Waals surface area (Å²) in [5.74, 6) is 1.73. The van der Waals surface area contributed by atoms with Gasteiger partial charge in [0, 0.05) is 18.5 Å². The second-order valence-corrected chi connectivity index (χ2v) is 7.11. The fourth-order valence-corrected chi connectivity index (χ4v) is 4.79. The molecule has 1 aliphatic rings. The summed E-state index contributed by atoms with van der Waals surface area (Å²) in [6, 6.07) is 0. The van der Waals surface area contributed by atoms with Gasteiger partial charge in [-0.25, -0.2) is 14.6 Å². The molecule has 6 nitrogen and oxygen atoms in total. The van der Waals surface area contributed by atoms with Gasteiger partial charge in [-0.05, 0) is 31.2 Å². The summed E-state index contributed by atoms with van der Waals surface area (Å²) in [6.07, 6.45) is 6.07. The SMILES string of the molecule is CCc1nn(C)c(OC)c1CNc1ncnc2sc3c(c12)CCC3. The van der Waals surface area contributed by atoms with E-state index < -0.39 is 0 Å². The highest BCUT2D eigenvalue weighted by atomic mass is 32.1. The third kappa shape index (κ3) is 2.34. The van der Waals surface area contributed by atoms with Gasteiger partial charge in [0.15, 0.2) is 0 Å². The first-order chi connectivity index (χ1) is 11.7. The molecule has 3 aromatic heterocycles. The van der Waals surface area contributed by atoms with Crippen LogP contribution in [0.15, 0.2) is 6.33 Å². The average Bonchev–Trinajstić information content (AvgIpc) is 3.24. The van der Waals surface area contributed by atoms with Crippen LogP contribution in [0.3, 0.4) is 0 Å². The number of rotatable bonds is 5. The van der Waals surface area contributed by atoms with E-state index in [1.54, 1.807) is 18.1 Å². The lowest BCUT2D eigenvalue weighted by molar-refractivity contribution is 0.370. The van der Waals surface area contributed by atoms with Gasteiger partial charge in [-0.15, -0.1) is 11.3 Å². The Morgan fingerprint density at radius 2 is 2.21 bits per heavy atom. The zero-order valence-electron chi connectivity index (χ0n) is 14.2. The van der Waals surface area contributed by atoms with E-state index in [4.69, 9.17) is 4.74 Å². The summed E-state index contributed by atoms with van der Waals surface area (Å²) in [5.41, 5.74) is 3.59. The molecule has 3 aromatic rings. The Kier molecular flexibility index (Phi) is 3.88. The number of thiophene rings is 1. The van der Waals surface area contributed by atoms with Crippen molar-refractivity contribution in [3.05, 3.63) is 28.0 Å². The number of nitrogens with one attached hydrogen (secondary N) is 1. The van der Waals surface area contributed by atoms with Gasteiger partial charge in [0.05, 0.1) is 23.8 Å². The molecule has 1 aliphatic carbocycles. The van der Waals surface area contributed by atoms with Gasteiger partial charge in [-0.3, -0.25) is 0 Å². The number of anilines is 1. The van der Waals surface area contributed by atoms with Crippen LogP contribution < -0.4 is 10.1 Å². The molecule has 0 radical (unpaired) electrons. The molecular weight excluding hydrogens is 322 g/mol. The van der Waals surface area contributed by atoms with Crippen LogP contribution in [0.1, 0.15) is 35.0 Å². The molecule has 1 N–H and O–H groups in total. The summed E-state index contributed by atoms with van der Waals surface area (Å²) >= 11 is 1.81. The molecule has 0 fully saturated rings. The van der Waals surface area contributed by atoms with Crippen LogP contribution in [0.2, 0.25) is 0 Å². The maximum Gasteiger partial charge on any atom is 0.216 e. The average molecular weight is 343 g/mol. The minimum absolute atomic E-state index is 0.650. The Bertz CT molecular complexity index is 898. The van der Waals surface area contributed by atoms with Gasteiger partial charge in [-0.2, -0.15) is 5.10 Å². The number of fused-ring (bicyclic) bond motifs is 3. The third-order valence-electron chi connectivity index (χ3n) is 4.63. The van der Waals surface area contributed by atoms with Crippen molar-refractivity contribution in [1.82, 2.24) is 19.7 Å². The number of methoxy groups -OCH3 is 1. The predicted molar refractivity (Wildman–Crippen MR) is 95.9 cm³/mol. The minimum Gasteiger partial charge on any atom is -0.481 e. The van der Waals surface area contributed by atoms with Crippen LogP contribution in [0.25, 0.3) is 10.2 Å². The lowest BCUT2D eigenvalue weighted by Gasteiger charge is -2.09. The number of nitrogens with zero attached hydrogens (tertiary/aromatic N) is 4. The van der Waals surface area contributed by atoms with Gasteiger partial charge in [-0.1, -0.05) is 6.92 Å². The quantitative estimate of drug-likeness (QED) is 0.771. The molecular formula is C17H21N5OS. The lowest BCUT2D eigenvalue weighted by Crippen LogP contribution is -2.05. The number of hydrogen-bond acceptors (Lipinski definition) is 6. The van der Waals surface area contributed by atoms with Crippen molar-refractivity contribution in [2.45, 2.75) is 39.2 Å². The van der Waals surface area contributed by atoms with Gasteiger partial charge in [0.25, 0.3) is 0 Å². The summed E-state index contributed by atoms with van der Waals surface area (Å²) in [4.78, 5) is 11.5. The van der Waals surface area contributed by atoms with E-state index in [1.165, 1.54) is 28.7 Å². The highest BCUT2D eigenvalue weighted by molar-refractivity contribution is 7.19. The van der Waals surface area contributed by atoms with Gasteiger partial charge >= 0.3 is 0 Å². The van der Waals surface area contributed by atoms with Crippen molar-refractivity contribution in [3.8, 4) is 5.88 Å². The zero-order chi connectivity index (χ0) is 16.7. The Morgan fingerprint density at radius 3 is 3.00 bits per heavy atom. The maximum absolute atomic E-state index is 5.52. The summed E-state index contributed by atoms with van der Waals surface area (Å²) in [7, 11) is 3.60. The Balaban J connectivity index is 1.69. The summed E-state index contributed by atoms with van der Waals surface area (Å²) in [6.45, 7) is 2.76. The lowest BCUT2D eigenvalue weighted by atomic mass is 10.1. The predicted octanol–water partition coefficient (Wildman–Crippen LogP) is 3.10. The molecule has 4 rings (SSSR count). The highest BCUT2D eigenvalue weighted by Crippen LogP contribution is 2.39. The molecule has 0 amide bonds. The molecule has 0 saturated carbocycles. The van der Waals surface area contributed by atoms with E-state index in [9.17, 15) is 0 Å². The van der Waals surface area contributed by atoms with Gasteiger partial charge in [0.2, 0.25) is 5.88 Å². The van der Waals surface area contributed by atoms with E-state index in [1.807, 2.05) is 18.4 Å². The summed E-state index contributed by atoms with van der Waals surface area (Å²) in [5, 5.41) is 9.25. The van der Waals surface area contributed by atoms with E-state index in [-0.39, 0.29) is 0 Å². The van der Waals surface area contributed by atoms with Crippen molar-refractivity contribution < 1.29 is 4.74 Å². The van der Waals surface area contributed by atoms with E-state index in [0.717, 1.165) is 40.6 Å². The van der Waals surface area contributed by atoms with E-state index in [2.05, 4.69) is 27.3 Å². The van der Waals surface area contributed by atoms with Gasteiger partial charge < -0.3 is 10.1 Å². The van der Waals surface area contributed by atoms with Crippen molar-refractivity contribution in [2.75, 3.05) is 12.4 Å². The molecule has 126 valence electrons. The van der Waals surface area contributed by atoms with Gasteiger partial charge in [0.1, 0.15) is 17.0 Å². The highest BCUT2D eigenvalue weighted by Gasteiger charge is 2.22. The fraction of sp³-hybridized carbons (Fsp3) is 0.471. The normalized spacial score (nSPS) is 13.5. The van der Waals surface area contributed by atoms with E-state index in [0.29, 0.717) is 6.54 Å². The fourth-order valence-electron chi connectivity index (χ4n) is 3.56. The van der Waals surface area contributed by atoms with Crippen molar-refractivity contribution in [3.63, 3.8) is 0 Å². The molecule has 0 aliphatic heterocycles. The Morgan fingerprint density at radius 1 is 1.33 bits per heavy atom. The van der Waals surface area contributed by atoms with Crippen molar-refractivity contribution >= 4 is 27.4 Å². The Hall–Kier alpha value is -2.15. The molecule has 0 bridgehead atoms. The first-order valence-corrected chi connectivity index (χ1v) is 9.12. The first-order valence-electron chi connectivity index (χ1n) is 8.30. The summed E-state index contributed by atoms with van der Waals surface area (Å²) < 4.78 is 7.32. The monoisotopic (exact) mass is 343 g/mol. The molecule has 0 saturated heterocycles. The van der Waals surface area contributed by atoms with Crippen LogP contribution >= 0.6 is 11.3 Å². The third-order valence-corrected chi connectivity index (χ3v) is 5.83. The van der Waals surface area contributed by atoms with Crippen LogP contribution in [-0.4, -0.2) is 26.9 Å². The molecule has 3 heterocycles. The molecule has 0 unspecified atom stereocenters. The molecule has 0 aromatic carbocycles. The smallest absolute Gasteiger partial charge is 0.216 e. The van der Waals surface area contributed by atoms with Crippen molar-refractivity contribution in [2.24, 2.45) is 7.05 Å². The number of ether oxygens (including phenoxy) is 1. The maximum atomic E-state index is 5.52. The van der Waals surface area contributed by atoms with Crippen LogP contribution in [0, 0.1) is 0 Å². The van der Waals surface area contributed by atoms with Crippen LogP contribution in [0.5, 0.6) is 5.88 Å². The molecule has 7 heteroatoms. The minimum atomic E-state index is 0.650.